The molecule has 1 N–H and O–H groups in total. The molecule has 3 rings (SSSR count). The van der Waals surface area contributed by atoms with Crippen LogP contribution in [0.1, 0.15) is 36.3 Å². The van der Waals surface area contributed by atoms with Gasteiger partial charge in [0.2, 0.25) is 0 Å². The number of aromatic nitrogens is 3. The average Bonchev–Trinajstić information content (AvgIpc) is 2.74. The molecule has 2 heterocycles. The van der Waals surface area contributed by atoms with E-state index >= 15 is 0 Å². The van der Waals surface area contributed by atoms with Gasteiger partial charge in [-0.25, -0.2) is 4.98 Å². The zero-order valence-corrected chi connectivity index (χ0v) is 7.82. The molecule has 4 heteroatoms. The van der Waals surface area contributed by atoms with Crippen LogP contribution in [0.4, 0.5) is 0 Å². The van der Waals surface area contributed by atoms with E-state index in [0.29, 0.717) is 11.8 Å². The van der Waals surface area contributed by atoms with Crippen LogP contribution in [0, 0.1) is 0 Å². The van der Waals surface area contributed by atoms with Gasteiger partial charge in [0.15, 0.2) is 5.82 Å². The zero-order chi connectivity index (χ0) is 8.84. The number of nitrogens with zero attached hydrogens (tertiary/aromatic N) is 3. The van der Waals surface area contributed by atoms with E-state index in [-0.39, 0.29) is 0 Å². The molecule has 1 aliphatic heterocycles. The maximum absolute atomic E-state index is 4.61. The van der Waals surface area contributed by atoms with Gasteiger partial charge in [-0.15, -0.1) is 0 Å². The highest BCUT2D eigenvalue weighted by Crippen LogP contribution is 2.39. The first-order valence-corrected chi connectivity index (χ1v) is 4.96. The Hall–Kier alpha value is -0.900. The summed E-state index contributed by atoms with van der Waals surface area (Å²) in [6, 6.07) is 0. The van der Waals surface area contributed by atoms with E-state index in [4.69, 9.17) is 0 Å². The summed E-state index contributed by atoms with van der Waals surface area (Å²) < 4.78 is 1.96. The van der Waals surface area contributed by atoms with Crippen molar-refractivity contribution in [1.29, 1.82) is 0 Å². The molecule has 4 nitrogen and oxygen atoms in total. The second kappa shape index (κ2) is 2.54. The van der Waals surface area contributed by atoms with Crippen molar-refractivity contribution in [2.24, 2.45) is 7.05 Å². The molecule has 0 bridgehead atoms. The maximum Gasteiger partial charge on any atom is 0.156 e. The Morgan fingerprint density at radius 1 is 1.31 bits per heavy atom. The molecule has 2 aliphatic rings. The third-order valence-electron chi connectivity index (χ3n) is 2.90. The largest absolute Gasteiger partial charge is 0.315 e. The van der Waals surface area contributed by atoms with E-state index in [1.54, 1.807) is 0 Å². The van der Waals surface area contributed by atoms with Crippen molar-refractivity contribution in [2.45, 2.75) is 24.7 Å². The standard InChI is InChI=1S/C9H14N4/c1-13-9(6-2-3-6)11-8(12-13)7-4-10-5-7/h6-7,10H,2-5H2,1H3. The third kappa shape index (κ3) is 1.16. The number of aryl methyl sites for hydroxylation is 1. The molecule has 1 aliphatic carbocycles. The molecule has 1 saturated carbocycles. The lowest BCUT2D eigenvalue weighted by Gasteiger charge is -2.23. The van der Waals surface area contributed by atoms with E-state index in [2.05, 4.69) is 15.4 Å². The number of hydrogen-bond acceptors (Lipinski definition) is 3. The second-order valence-corrected chi connectivity index (χ2v) is 4.08. The lowest BCUT2D eigenvalue weighted by Crippen LogP contribution is -2.40. The minimum atomic E-state index is 0.568. The van der Waals surface area contributed by atoms with E-state index in [1.165, 1.54) is 18.7 Å². The Kier molecular flexibility index (Phi) is 1.47. The average molecular weight is 178 g/mol. The molecule has 1 aromatic heterocycles. The quantitative estimate of drug-likeness (QED) is 0.712. The normalized spacial score (nSPS) is 23.2. The first kappa shape index (κ1) is 7.50. The van der Waals surface area contributed by atoms with Crippen LogP contribution in [0.25, 0.3) is 0 Å². The Labute approximate surface area is 77.4 Å². The highest BCUT2D eigenvalue weighted by molar-refractivity contribution is 5.11. The van der Waals surface area contributed by atoms with E-state index in [1.807, 2.05) is 11.7 Å². The van der Waals surface area contributed by atoms with Crippen LogP contribution in [0.3, 0.4) is 0 Å². The van der Waals surface area contributed by atoms with Crippen molar-refractivity contribution in [1.82, 2.24) is 20.1 Å². The highest BCUT2D eigenvalue weighted by Gasteiger charge is 2.31. The summed E-state index contributed by atoms with van der Waals surface area (Å²) in [5.74, 6) is 3.52. The predicted molar refractivity (Wildman–Crippen MR) is 48.6 cm³/mol. The maximum atomic E-state index is 4.61. The van der Waals surface area contributed by atoms with Gasteiger partial charge in [0.25, 0.3) is 0 Å². The minimum absolute atomic E-state index is 0.568. The summed E-state index contributed by atoms with van der Waals surface area (Å²) in [5, 5.41) is 7.70. The smallest absolute Gasteiger partial charge is 0.156 e. The number of hydrogen-bond donors (Lipinski definition) is 1. The molecule has 0 amide bonds. The summed E-state index contributed by atoms with van der Waals surface area (Å²) in [7, 11) is 2.01. The van der Waals surface area contributed by atoms with Gasteiger partial charge >= 0.3 is 0 Å². The minimum Gasteiger partial charge on any atom is -0.315 e. The number of rotatable bonds is 2. The van der Waals surface area contributed by atoms with Gasteiger partial charge in [0, 0.05) is 32.0 Å². The summed E-state index contributed by atoms with van der Waals surface area (Å²) in [6.45, 7) is 2.10. The van der Waals surface area contributed by atoms with E-state index in [0.717, 1.165) is 18.9 Å². The van der Waals surface area contributed by atoms with Crippen molar-refractivity contribution in [3.05, 3.63) is 11.6 Å². The molecular weight excluding hydrogens is 164 g/mol. The Morgan fingerprint density at radius 3 is 2.62 bits per heavy atom. The molecule has 1 saturated heterocycles. The molecule has 0 unspecified atom stereocenters. The molecule has 0 aromatic carbocycles. The van der Waals surface area contributed by atoms with Crippen LogP contribution in [0.5, 0.6) is 0 Å². The lowest BCUT2D eigenvalue weighted by atomic mass is 10.0. The van der Waals surface area contributed by atoms with Crippen molar-refractivity contribution < 1.29 is 0 Å². The van der Waals surface area contributed by atoms with Gasteiger partial charge in [-0.05, 0) is 12.8 Å². The summed E-state index contributed by atoms with van der Waals surface area (Å²) in [4.78, 5) is 4.61. The molecular formula is C9H14N4. The van der Waals surface area contributed by atoms with E-state index < -0.39 is 0 Å². The fraction of sp³-hybridized carbons (Fsp3) is 0.778. The molecule has 0 atom stereocenters. The van der Waals surface area contributed by atoms with Gasteiger partial charge in [-0.1, -0.05) is 0 Å². The molecule has 1 aromatic rings. The van der Waals surface area contributed by atoms with Crippen LogP contribution in [0.15, 0.2) is 0 Å². The Bertz CT molecular complexity index is 322. The zero-order valence-electron chi connectivity index (χ0n) is 7.82. The summed E-state index contributed by atoms with van der Waals surface area (Å²) in [6.07, 6.45) is 2.60. The molecule has 0 spiro atoms. The first-order valence-electron chi connectivity index (χ1n) is 4.96. The van der Waals surface area contributed by atoms with Crippen LogP contribution in [-0.4, -0.2) is 27.9 Å². The van der Waals surface area contributed by atoms with Crippen LogP contribution in [0.2, 0.25) is 0 Å². The van der Waals surface area contributed by atoms with Crippen molar-refractivity contribution >= 4 is 0 Å². The predicted octanol–water partition coefficient (Wildman–Crippen LogP) is 0.379. The van der Waals surface area contributed by atoms with Crippen LogP contribution in [-0.2, 0) is 7.05 Å². The molecule has 13 heavy (non-hydrogen) atoms. The topological polar surface area (TPSA) is 42.7 Å². The highest BCUT2D eigenvalue weighted by atomic mass is 15.3. The summed E-state index contributed by atoms with van der Waals surface area (Å²) in [5.41, 5.74) is 0. The molecule has 0 radical (unpaired) electrons. The molecule has 70 valence electrons. The van der Waals surface area contributed by atoms with Crippen molar-refractivity contribution in [3.63, 3.8) is 0 Å². The van der Waals surface area contributed by atoms with Crippen LogP contribution >= 0.6 is 0 Å². The SMILES string of the molecule is Cn1nc(C2CNC2)nc1C1CC1. The summed E-state index contributed by atoms with van der Waals surface area (Å²) >= 11 is 0. The van der Waals surface area contributed by atoms with Crippen molar-refractivity contribution in [2.75, 3.05) is 13.1 Å². The lowest BCUT2D eigenvalue weighted by molar-refractivity contribution is 0.428. The van der Waals surface area contributed by atoms with Gasteiger partial charge < -0.3 is 5.32 Å². The van der Waals surface area contributed by atoms with Gasteiger partial charge in [-0.3, -0.25) is 4.68 Å². The first-order chi connectivity index (χ1) is 6.34. The van der Waals surface area contributed by atoms with E-state index in [9.17, 15) is 0 Å². The third-order valence-corrected chi connectivity index (χ3v) is 2.90. The van der Waals surface area contributed by atoms with Crippen LogP contribution < -0.4 is 5.32 Å². The van der Waals surface area contributed by atoms with Gasteiger partial charge in [0.1, 0.15) is 5.82 Å². The second-order valence-electron chi connectivity index (χ2n) is 4.08. The van der Waals surface area contributed by atoms with Crippen molar-refractivity contribution in [3.8, 4) is 0 Å². The monoisotopic (exact) mass is 178 g/mol. The Balaban J connectivity index is 1.89. The fourth-order valence-electron chi connectivity index (χ4n) is 1.76. The molecule has 2 fully saturated rings. The fourth-order valence-corrected chi connectivity index (χ4v) is 1.76. The van der Waals surface area contributed by atoms with Gasteiger partial charge in [0.05, 0.1) is 0 Å². The van der Waals surface area contributed by atoms with Gasteiger partial charge in [-0.2, -0.15) is 5.10 Å². The Morgan fingerprint density at radius 2 is 2.08 bits per heavy atom. The number of nitrogens with one attached hydrogen (secondary N) is 1.